The molecule has 0 saturated carbocycles. The smallest absolute Gasteiger partial charge is 0.302 e. The van der Waals surface area contributed by atoms with Crippen LogP contribution in [0.2, 0.25) is 0 Å². The maximum absolute atomic E-state index is 10.6. The molecule has 114 valence electrons. The van der Waals surface area contributed by atoms with Crippen molar-refractivity contribution in [2.75, 3.05) is 6.61 Å². The van der Waals surface area contributed by atoms with Gasteiger partial charge in [-0.3, -0.25) is 4.79 Å². The van der Waals surface area contributed by atoms with Crippen LogP contribution in [0.4, 0.5) is 0 Å². The van der Waals surface area contributed by atoms with Crippen molar-refractivity contribution in [3.63, 3.8) is 0 Å². The molecule has 0 unspecified atom stereocenters. The summed E-state index contributed by atoms with van der Waals surface area (Å²) in [5.41, 5.74) is 5.66. The number of hydrogen-bond donors (Lipinski definition) is 0. The molecule has 20 heavy (non-hydrogen) atoms. The molecule has 0 heterocycles. The summed E-state index contributed by atoms with van der Waals surface area (Å²) in [6.45, 7) is 12.7. The van der Waals surface area contributed by atoms with Crippen LogP contribution < -0.4 is 0 Å². The molecule has 0 radical (unpaired) electrons. The summed E-state index contributed by atoms with van der Waals surface area (Å²) >= 11 is 0. The molecule has 0 saturated heterocycles. The highest BCUT2D eigenvalue weighted by molar-refractivity contribution is 5.66. The van der Waals surface area contributed by atoms with E-state index in [-0.39, 0.29) is 5.97 Å². The molecule has 0 aliphatic heterocycles. The van der Waals surface area contributed by atoms with Gasteiger partial charge in [0.15, 0.2) is 0 Å². The van der Waals surface area contributed by atoms with Crippen LogP contribution in [0.1, 0.15) is 67.2 Å². The van der Waals surface area contributed by atoms with Crippen molar-refractivity contribution in [1.82, 2.24) is 0 Å². The van der Waals surface area contributed by atoms with Gasteiger partial charge in [-0.2, -0.15) is 0 Å². The Morgan fingerprint density at radius 3 is 2.00 bits per heavy atom. The van der Waals surface area contributed by atoms with Crippen LogP contribution in [-0.2, 0) is 9.53 Å². The quantitative estimate of drug-likeness (QED) is 0.441. The van der Waals surface area contributed by atoms with E-state index < -0.39 is 0 Å². The molecule has 0 aliphatic rings. The fraction of sp³-hybridized carbons (Fsp3) is 0.611. The van der Waals surface area contributed by atoms with Gasteiger partial charge in [0.1, 0.15) is 6.61 Å². The number of esters is 1. The predicted molar refractivity (Wildman–Crippen MR) is 86.7 cm³/mol. The third-order valence-corrected chi connectivity index (χ3v) is 3.50. The van der Waals surface area contributed by atoms with Crippen LogP contribution >= 0.6 is 0 Å². The first kappa shape index (κ1) is 18.7. The topological polar surface area (TPSA) is 26.3 Å². The molecule has 0 N–H and O–H groups in total. The second-order valence-corrected chi connectivity index (χ2v) is 5.72. The average Bonchev–Trinajstić information content (AvgIpc) is 2.35. The third-order valence-electron chi connectivity index (χ3n) is 3.50. The van der Waals surface area contributed by atoms with E-state index in [1.807, 2.05) is 6.08 Å². The summed E-state index contributed by atoms with van der Waals surface area (Å²) in [6, 6.07) is 0. The molecule has 0 aromatic rings. The van der Waals surface area contributed by atoms with Gasteiger partial charge in [0, 0.05) is 6.92 Å². The fourth-order valence-corrected chi connectivity index (χ4v) is 1.69. The molecule has 0 aliphatic carbocycles. The van der Waals surface area contributed by atoms with Crippen LogP contribution in [0.5, 0.6) is 0 Å². The molecular formula is C18H30O2. The number of ether oxygens (including phenoxy) is 1. The highest BCUT2D eigenvalue weighted by atomic mass is 16.5. The van der Waals surface area contributed by atoms with Gasteiger partial charge in [-0.25, -0.2) is 0 Å². The molecule has 2 heteroatoms. The Morgan fingerprint density at radius 2 is 1.45 bits per heavy atom. The van der Waals surface area contributed by atoms with Crippen molar-refractivity contribution >= 4 is 5.97 Å². The van der Waals surface area contributed by atoms with Crippen molar-refractivity contribution in [2.24, 2.45) is 0 Å². The Kier molecular flexibility index (Phi) is 9.79. The van der Waals surface area contributed by atoms with Crippen LogP contribution in [0.15, 0.2) is 34.4 Å². The van der Waals surface area contributed by atoms with E-state index in [1.54, 1.807) is 0 Å². The van der Waals surface area contributed by atoms with Crippen LogP contribution in [-0.4, -0.2) is 12.6 Å². The van der Waals surface area contributed by atoms with E-state index in [1.165, 1.54) is 29.2 Å². The Labute approximate surface area is 124 Å². The molecule has 0 atom stereocenters. The lowest BCUT2D eigenvalue weighted by Crippen LogP contribution is -1.98. The zero-order valence-electron chi connectivity index (χ0n) is 14.0. The lowest BCUT2D eigenvalue weighted by molar-refractivity contribution is -0.139. The molecule has 0 aromatic carbocycles. The molecule has 0 rings (SSSR count). The molecule has 0 spiro atoms. The largest absolute Gasteiger partial charge is 0.462 e. The zero-order valence-corrected chi connectivity index (χ0v) is 14.0. The first-order valence-electron chi connectivity index (χ1n) is 7.40. The summed E-state index contributed by atoms with van der Waals surface area (Å²) < 4.78 is 4.89. The van der Waals surface area contributed by atoms with Gasteiger partial charge < -0.3 is 4.74 Å². The van der Waals surface area contributed by atoms with Crippen molar-refractivity contribution in [3.05, 3.63) is 34.4 Å². The first-order chi connectivity index (χ1) is 9.32. The molecule has 0 fully saturated rings. The Bertz CT molecular complexity index is 394. The molecule has 0 aromatic heterocycles. The highest BCUT2D eigenvalue weighted by Gasteiger charge is 1.96. The first-order valence-corrected chi connectivity index (χ1v) is 7.40. The van der Waals surface area contributed by atoms with Gasteiger partial charge in [-0.05, 0) is 66.4 Å². The van der Waals surface area contributed by atoms with E-state index >= 15 is 0 Å². The third kappa shape index (κ3) is 10.6. The molecule has 2 nitrogen and oxygen atoms in total. The second-order valence-electron chi connectivity index (χ2n) is 5.72. The fourth-order valence-electron chi connectivity index (χ4n) is 1.69. The SMILES string of the molecule is CC(=O)OC/C=C(\C)CC/C=C(\C)CCC(C)=C(C)C. The van der Waals surface area contributed by atoms with Gasteiger partial charge in [0.25, 0.3) is 0 Å². The van der Waals surface area contributed by atoms with Crippen molar-refractivity contribution in [1.29, 1.82) is 0 Å². The molecule has 0 bridgehead atoms. The lowest BCUT2D eigenvalue weighted by Gasteiger charge is -2.05. The van der Waals surface area contributed by atoms with Crippen molar-refractivity contribution in [2.45, 2.75) is 67.2 Å². The van der Waals surface area contributed by atoms with E-state index in [4.69, 9.17) is 4.74 Å². The average molecular weight is 278 g/mol. The van der Waals surface area contributed by atoms with Gasteiger partial charge in [0.2, 0.25) is 0 Å². The Morgan fingerprint density at radius 1 is 0.850 bits per heavy atom. The van der Waals surface area contributed by atoms with Gasteiger partial charge in [0.05, 0.1) is 0 Å². The normalized spacial score (nSPS) is 12.3. The summed E-state index contributed by atoms with van der Waals surface area (Å²) in [5.74, 6) is -0.223. The summed E-state index contributed by atoms with van der Waals surface area (Å²) in [5, 5.41) is 0. The van der Waals surface area contributed by atoms with Crippen LogP contribution in [0, 0.1) is 0 Å². The molecular weight excluding hydrogens is 248 g/mol. The van der Waals surface area contributed by atoms with E-state index in [0.29, 0.717) is 6.61 Å². The number of carbonyl (C=O) groups is 1. The molecule has 0 amide bonds. The maximum atomic E-state index is 10.6. The van der Waals surface area contributed by atoms with Gasteiger partial charge in [-0.15, -0.1) is 0 Å². The zero-order chi connectivity index (χ0) is 15.5. The second kappa shape index (κ2) is 10.5. The summed E-state index contributed by atoms with van der Waals surface area (Å²) in [6.07, 6.45) is 8.70. The predicted octanol–water partition coefficient (Wildman–Crippen LogP) is 5.36. The number of hydrogen-bond acceptors (Lipinski definition) is 2. The van der Waals surface area contributed by atoms with E-state index in [0.717, 1.165) is 25.7 Å². The number of carbonyl (C=O) groups excluding carboxylic acids is 1. The highest BCUT2D eigenvalue weighted by Crippen LogP contribution is 2.15. The van der Waals surface area contributed by atoms with Gasteiger partial charge in [-0.1, -0.05) is 28.4 Å². The lowest BCUT2D eigenvalue weighted by atomic mass is 10.0. The van der Waals surface area contributed by atoms with Gasteiger partial charge >= 0.3 is 5.97 Å². The van der Waals surface area contributed by atoms with Crippen molar-refractivity contribution < 1.29 is 9.53 Å². The summed E-state index contributed by atoms with van der Waals surface area (Å²) in [7, 11) is 0. The minimum atomic E-state index is -0.223. The summed E-state index contributed by atoms with van der Waals surface area (Å²) in [4.78, 5) is 10.6. The number of allylic oxidation sites excluding steroid dienone is 5. The number of rotatable bonds is 8. The van der Waals surface area contributed by atoms with E-state index in [2.05, 4.69) is 40.7 Å². The minimum absolute atomic E-state index is 0.223. The maximum Gasteiger partial charge on any atom is 0.302 e. The minimum Gasteiger partial charge on any atom is -0.462 e. The van der Waals surface area contributed by atoms with Crippen molar-refractivity contribution in [3.8, 4) is 0 Å². The standard InChI is InChI=1S/C18H30O2/c1-14(2)17(5)11-10-15(3)8-7-9-16(4)12-13-20-18(6)19/h8,12H,7,9-11,13H2,1-6H3/b15-8+,16-12+. The Balaban J connectivity index is 3.99. The Hall–Kier alpha value is -1.31. The van der Waals surface area contributed by atoms with Crippen LogP contribution in [0.3, 0.4) is 0 Å². The van der Waals surface area contributed by atoms with E-state index in [9.17, 15) is 4.79 Å². The monoisotopic (exact) mass is 278 g/mol. The van der Waals surface area contributed by atoms with Crippen LogP contribution in [0.25, 0.3) is 0 Å².